The van der Waals surface area contributed by atoms with Crippen LogP contribution in [0.2, 0.25) is 0 Å². The lowest BCUT2D eigenvalue weighted by Gasteiger charge is -2.12. The largest absolute Gasteiger partial charge is 0.348 e. The first kappa shape index (κ1) is 16.3. The van der Waals surface area contributed by atoms with Crippen LogP contribution in [-0.4, -0.2) is 21.8 Å². The van der Waals surface area contributed by atoms with Crippen LogP contribution in [0.4, 0.5) is 5.69 Å². The van der Waals surface area contributed by atoms with Gasteiger partial charge in [-0.1, -0.05) is 18.2 Å². The molecule has 0 aliphatic carbocycles. The van der Waals surface area contributed by atoms with E-state index in [2.05, 4.69) is 20.6 Å². The van der Waals surface area contributed by atoms with Crippen LogP contribution in [0.3, 0.4) is 0 Å². The Morgan fingerprint density at radius 3 is 2.36 bits per heavy atom. The third-order valence-corrected chi connectivity index (χ3v) is 3.57. The van der Waals surface area contributed by atoms with Gasteiger partial charge in [0.15, 0.2) is 0 Å². The number of nitrogens with one attached hydrogen (secondary N) is 2. The molecule has 0 bridgehead atoms. The van der Waals surface area contributed by atoms with Crippen LogP contribution in [0.5, 0.6) is 0 Å². The Kier molecular flexibility index (Phi) is 5.11. The van der Waals surface area contributed by atoms with E-state index in [4.69, 9.17) is 0 Å². The number of carbonyl (C=O) groups excluding carboxylic acids is 2. The number of pyridine rings is 2. The highest BCUT2D eigenvalue weighted by Crippen LogP contribution is 2.16. The highest BCUT2D eigenvalue weighted by Gasteiger charge is 2.10. The zero-order chi connectivity index (χ0) is 17.5. The molecule has 3 rings (SSSR count). The molecule has 2 N–H and O–H groups in total. The van der Waals surface area contributed by atoms with Crippen LogP contribution in [-0.2, 0) is 6.54 Å². The molecule has 124 valence electrons. The van der Waals surface area contributed by atoms with Gasteiger partial charge >= 0.3 is 0 Å². The van der Waals surface area contributed by atoms with E-state index < -0.39 is 0 Å². The highest BCUT2D eigenvalue weighted by atomic mass is 16.2. The van der Waals surface area contributed by atoms with E-state index >= 15 is 0 Å². The third-order valence-electron chi connectivity index (χ3n) is 3.57. The molecule has 2 heterocycles. The van der Waals surface area contributed by atoms with Crippen molar-refractivity contribution < 1.29 is 9.59 Å². The molecule has 0 fully saturated rings. The molecule has 2 aromatic heterocycles. The fourth-order valence-electron chi connectivity index (χ4n) is 2.27. The number of amides is 2. The van der Waals surface area contributed by atoms with Crippen molar-refractivity contribution in [1.82, 2.24) is 15.3 Å². The van der Waals surface area contributed by atoms with Gasteiger partial charge in [-0.15, -0.1) is 0 Å². The Balaban J connectivity index is 1.69. The van der Waals surface area contributed by atoms with E-state index in [1.807, 2.05) is 18.2 Å². The van der Waals surface area contributed by atoms with Gasteiger partial charge in [0.2, 0.25) is 0 Å². The van der Waals surface area contributed by atoms with Crippen molar-refractivity contribution in [2.45, 2.75) is 6.54 Å². The predicted molar refractivity (Wildman–Crippen MR) is 94.0 cm³/mol. The quantitative estimate of drug-likeness (QED) is 0.752. The molecule has 0 aliphatic rings. The lowest BCUT2D eigenvalue weighted by molar-refractivity contribution is 0.0950. The second kappa shape index (κ2) is 7.83. The standard InChI is InChI=1S/C19H16N4O2/c24-18(14-7-10-20-11-8-14)22-13-15-4-1-2-6-17(15)23-19(25)16-5-3-9-21-12-16/h1-12H,13H2,(H,22,24)(H,23,25). The van der Waals surface area contributed by atoms with E-state index in [1.54, 1.807) is 48.9 Å². The zero-order valence-corrected chi connectivity index (χ0v) is 13.3. The Hall–Kier alpha value is -3.54. The molecule has 0 atom stereocenters. The van der Waals surface area contributed by atoms with Crippen LogP contribution in [0, 0.1) is 0 Å². The van der Waals surface area contributed by atoms with Gasteiger partial charge in [-0.05, 0) is 35.9 Å². The van der Waals surface area contributed by atoms with E-state index in [-0.39, 0.29) is 11.8 Å². The summed E-state index contributed by atoms with van der Waals surface area (Å²) in [5, 5.41) is 5.69. The Bertz CT molecular complexity index is 867. The van der Waals surface area contributed by atoms with E-state index in [9.17, 15) is 9.59 Å². The lowest BCUT2D eigenvalue weighted by atomic mass is 10.1. The van der Waals surface area contributed by atoms with Crippen LogP contribution >= 0.6 is 0 Å². The topological polar surface area (TPSA) is 84.0 Å². The van der Waals surface area contributed by atoms with Gasteiger partial charge in [-0.2, -0.15) is 0 Å². The Labute approximate surface area is 145 Å². The monoisotopic (exact) mass is 332 g/mol. The molecule has 6 heteroatoms. The number of hydrogen-bond donors (Lipinski definition) is 2. The van der Waals surface area contributed by atoms with Crippen molar-refractivity contribution in [2.75, 3.05) is 5.32 Å². The fraction of sp³-hybridized carbons (Fsp3) is 0.0526. The smallest absolute Gasteiger partial charge is 0.257 e. The minimum Gasteiger partial charge on any atom is -0.348 e. The normalized spacial score (nSPS) is 10.1. The first-order valence-electron chi connectivity index (χ1n) is 7.71. The number of rotatable bonds is 5. The highest BCUT2D eigenvalue weighted by molar-refractivity contribution is 6.04. The van der Waals surface area contributed by atoms with E-state index in [0.717, 1.165) is 5.56 Å². The van der Waals surface area contributed by atoms with Crippen LogP contribution in [0.15, 0.2) is 73.3 Å². The third kappa shape index (κ3) is 4.26. The Morgan fingerprint density at radius 1 is 0.800 bits per heavy atom. The molecule has 0 aliphatic heterocycles. The summed E-state index contributed by atoms with van der Waals surface area (Å²) < 4.78 is 0. The molecule has 3 aromatic rings. The van der Waals surface area contributed by atoms with Crippen LogP contribution in [0.1, 0.15) is 26.3 Å². The summed E-state index contributed by atoms with van der Waals surface area (Å²) in [6.45, 7) is 0.296. The van der Waals surface area contributed by atoms with E-state index in [1.165, 1.54) is 6.20 Å². The maximum absolute atomic E-state index is 12.3. The zero-order valence-electron chi connectivity index (χ0n) is 13.3. The van der Waals surface area contributed by atoms with Crippen molar-refractivity contribution >= 4 is 17.5 Å². The first-order chi connectivity index (χ1) is 12.2. The van der Waals surface area contributed by atoms with Crippen molar-refractivity contribution in [1.29, 1.82) is 0 Å². The first-order valence-corrected chi connectivity index (χ1v) is 7.71. The molecule has 2 amide bonds. The van der Waals surface area contributed by atoms with Crippen molar-refractivity contribution in [3.05, 3.63) is 90.0 Å². The maximum Gasteiger partial charge on any atom is 0.257 e. The predicted octanol–water partition coefficient (Wildman–Crippen LogP) is 2.66. The summed E-state index contributed by atoms with van der Waals surface area (Å²) in [5.41, 5.74) is 2.46. The van der Waals surface area contributed by atoms with Crippen LogP contribution in [0.25, 0.3) is 0 Å². The van der Waals surface area contributed by atoms with Gasteiger partial charge in [0.1, 0.15) is 0 Å². The van der Waals surface area contributed by atoms with E-state index in [0.29, 0.717) is 23.4 Å². The molecule has 1 aromatic carbocycles. The summed E-state index contributed by atoms with van der Waals surface area (Å²) in [6, 6.07) is 14.0. The number of aromatic nitrogens is 2. The van der Waals surface area contributed by atoms with Gasteiger partial charge in [-0.3, -0.25) is 19.6 Å². The molecule has 0 saturated carbocycles. The van der Waals surface area contributed by atoms with Crippen LogP contribution < -0.4 is 10.6 Å². The van der Waals surface area contributed by atoms with Crippen molar-refractivity contribution in [3.8, 4) is 0 Å². The molecule has 0 saturated heterocycles. The molecular formula is C19H16N4O2. The van der Waals surface area contributed by atoms with Gasteiger partial charge < -0.3 is 10.6 Å². The number of benzene rings is 1. The number of anilines is 1. The summed E-state index contributed by atoms with van der Waals surface area (Å²) in [5.74, 6) is -0.447. The summed E-state index contributed by atoms with van der Waals surface area (Å²) >= 11 is 0. The van der Waals surface area contributed by atoms with Crippen molar-refractivity contribution in [2.24, 2.45) is 0 Å². The molecular weight excluding hydrogens is 316 g/mol. The molecule has 25 heavy (non-hydrogen) atoms. The number of carbonyl (C=O) groups is 2. The SMILES string of the molecule is O=C(NCc1ccccc1NC(=O)c1cccnc1)c1ccncc1. The molecule has 6 nitrogen and oxygen atoms in total. The number of para-hydroxylation sites is 1. The minimum atomic E-state index is -0.249. The summed E-state index contributed by atoms with van der Waals surface area (Å²) in [7, 11) is 0. The van der Waals surface area contributed by atoms with Gasteiger partial charge in [0.25, 0.3) is 11.8 Å². The molecule has 0 radical (unpaired) electrons. The average molecular weight is 332 g/mol. The second-order valence-corrected chi connectivity index (χ2v) is 5.27. The minimum absolute atomic E-state index is 0.198. The average Bonchev–Trinajstić information content (AvgIpc) is 2.68. The summed E-state index contributed by atoms with van der Waals surface area (Å²) in [6.07, 6.45) is 6.25. The lowest BCUT2D eigenvalue weighted by Crippen LogP contribution is -2.24. The van der Waals surface area contributed by atoms with Gasteiger partial charge in [0.05, 0.1) is 5.56 Å². The molecule has 0 spiro atoms. The van der Waals surface area contributed by atoms with Gasteiger partial charge in [0, 0.05) is 42.6 Å². The number of nitrogens with zero attached hydrogens (tertiary/aromatic N) is 2. The van der Waals surface area contributed by atoms with Gasteiger partial charge in [-0.25, -0.2) is 0 Å². The number of hydrogen-bond acceptors (Lipinski definition) is 4. The molecule has 0 unspecified atom stereocenters. The second-order valence-electron chi connectivity index (χ2n) is 5.27. The maximum atomic E-state index is 12.3. The van der Waals surface area contributed by atoms with Crippen molar-refractivity contribution in [3.63, 3.8) is 0 Å². The Morgan fingerprint density at radius 2 is 1.60 bits per heavy atom. The fourth-order valence-corrected chi connectivity index (χ4v) is 2.27. The summed E-state index contributed by atoms with van der Waals surface area (Å²) in [4.78, 5) is 32.2.